The molecule has 4 amide bonds. The Morgan fingerprint density at radius 3 is 0.867 bits per heavy atom. The molecule has 0 radical (unpaired) electrons. The van der Waals surface area contributed by atoms with Gasteiger partial charge in [0.2, 0.25) is 20.6 Å². The molecule has 0 bridgehead atoms. The van der Waals surface area contributed by atoms with Crippen LogP contribution in [0.4, 0.5) is 9.59 Å². The van der Waals surface area contributed by atoms with Crippen molar-refractivity contribution >= 4 is 92.7 Å². The van der Waals surface area contributed by atoms with Crippen LogP contribution in [0.15, 0.2) is 25.6 Å². The fourth-order valence-corrected chi connectivity index (χ4v) is 12.4. The van der Waals surface area contributed by atoms with Crippen LogP contribution in [0.3, 0.4) is 0 Å². The predicted octanol–water partition coefficient (Wildman–Crippen LogP) is 6.32. The molecule has 2 N–H and O–H groups in total. The van der Waals surface area contributed by atoms with Crippen molar-refractivity contribution < 1.29 is 171 Å². The Hall–Kier alpha value is -4.58. The maximum Gasteiger partial charge on any atom is 0.411 e. The van der Waals surface area contributed by atoms with Gasteiger partial charge in [-0.2, -0.15) is 0 Å². The Bertz CT molecular complexity index is 2570. The second-order valence-electron chi connectivity index (χ2n) is 26.0. The van der Waals surface area contributed by atoms with E-state index in [1.54, 1.807) is 57.9 Å². The number of thiocarbonyl (C=S) groups is 2. The third-order valence-corrected chi connectivity index (χ3v) is 18.6. The number of methoxy groups -OCH3 is 2. The minimum atomic E-state index is -0.661. The van der Waals surface area contributed by atoms with Crippen LogP contribution >= 0.6 is 48.0 Å². The van der Waals surface area contributed by atoms with E-state index >= 15 is 0 Å². The standard InChI is InChI=1S/C42H78N2O18S2.C28H55NO14.C8H14O3S2.C6H9NO/c1-5-60-40(46)36(3)34-37(44-9-7-8-39(44)45)35-38(64-42(63)61-6-2)43-41(47)62-33-32-59-31-30-58-29-28-57-27-26-56-25-24-55-23-22-54-21-20-53-19-18-52-17-16-51-15-14-50-13-12-49-11-10-48-4;1-3-29-28(30)43-27-26-42-25-24-41-23-22-40-21-20-39-19-18-38-17-16-37-15-14-36-13-12-35-11-10-34-9-8-33-7-6-32-5-4-31-2;1-4-10-7(9)6(3)13-8(12)11-5-2;1-2-7-5-3-4-6(7)8/h36-38H,5-35H2,1-4H3,(H,43,47);3H,1,4-27H2,2H3,(H,29,30);6H,4-5H2,1-3H3;2H,1,3-5H2. The van der Waals surface area contributed by atoms with Crippen molar-refractivity contribution in [3.8, 4) is 0 Å². The molecule has 0 saturated carbocycles. The second kappa shape index (κ2) is 101. The molecule has 128 heavy (non-hydrogen) atoms. The first-order chi connectivity index (χ1) is 62.6. The van der Waals surface area contributed by atoms with E-state index in [0.29, 0.717) is 354 Å². The molecule has 2 rings (SSSR count). The van der Waals surface area contributed by atoms with Gasteiger partial charge in [-0.3, -0.25) is 24.5 Å². The van der Waals surface area contributed by atoms with Gasteiger partial charge in [-0.05, 0) is 97.1 Å². The first-order valence-electron chi connectivity index (χ1n) is 44.0. The minimum absolute atomic E-state index is 0.0160. The lowest BCUT2D eigenvalue weighted by atomic mass is 9.98. The summed E-state index contributed by atoms with van der Waals surface area (Å²) in [5.74, 6) is -0.797. The number of ether oxygens (including phenoxy) is 30. The summed E-state index contributed by atoms with van der Waals surface area (Å²) < 4.78 is 161. The van der Waals surface area contributed by atoms with E-state index in [1.807, 2.05) is 13.8 Å². The number of alkyl carbamates (subject to hydrolysis) is 2. The van der Waals surface area contributed by atoms with Gasteiger partial charge in [0, 0.05) is 46.2 Å². The van der Waals surface area contributed by atoms with Crippen molar-refractivity contribution in [1.82, 2.24) is 20.4 Å². The maximum atomic E-state index is 12.7. The summed E-state index contributed by atoms with van der Waals surface area (Å²) in [6.45, 7) is 42.7. The van der Waals surface area contributed by atoms with Crippen molar-refractivity contribution in [2.75, 3.05) is 371 Å². The fourth-order valence-electron chi connectivity index (χ4n) is 9.88. The smallest absolute Gasteiger partial charge is 0.411 e. The molecule has 2 aliphatic rings. The van der Waals surface area contributed by atoms with Gasteiger partial charge >= 0.3 is 24.1 Å². The van der Waals surface area contributed by atoms with E-state index in [4.69, 9.17) is 167 Å². The van der Waals surface area contributed by atoms with Crippen LogP contribution in [-0.4, -0.2) is 442 Å². The average Bonchev–Trinajstić information content (AvgIpc) is 1.65. The highest BCUT2D eigenvalue weighted by Crippen LogP contribution is 2.28. The highest BCUT2D eigenvalue weighted by molar-refractivity contribution is 8.23. The number of thioether (sulfide) groups is 2. The van der Waals surface area contributed by atoms with Gasteiger partial charge in [-0.15, -0.1) is 0 Å². The predicted molar refractivity (Wildman–Crippen MR) is 485 cm³/mol. The SMILES string of the molecule is C=CN1CCCC1=O.C=CNC(=O)OCCOCCOCCOCCOCCOCCOCCOCCOCCOCCOCCOCCOC.CCOC(=O)C(C)CC(CC(NC(=O)OCCOCCOCCOCCOCCOCCOCCOCCOCCOCCOCCOCCOC)SC(=S)OCC)N1CCCC1=O.CCOC(=O)C(C)SC(=S)OCC. The molecular formula is C84H156N4O36S4. The van der Waals surface area contributed by atoms with E-state index in [1.165, 1.54) is 18.0 Å². The first kappa shape index (κ1) is 125. The Morgan fingerprint density at radius 2 is 0.617 bits per heavy atom. The van der Waals surface area contributed by atoms with Crippen LogP contribution < -0.4 is 10.6 Å². The monoisotopic (exact) mass is 1920 g/mol. The topological polar surface area (TPSA) is 410 Å². The number of carbonyl (C=O) groups excluding carboxylic acids is 6. The molecule has 4 atom stereocenters. The molecule has 40 nitrogen and oxygen atoms in total. The number of likely N-dealkylation sites (tertiary alicyclic amines) is 2. The van der Waals surface area contributed by atoms with Gasteiger partial charge in [0.25, 0.3) is 0 Å². The second-order valence-corrected chi connectivity index (χ2v) is 29.8. The molecule has 2 saturated heterocycles. The van der Waals surface area contributed by atoms with Crippen LogP contribution in [0.25, 0.3) is 0 Å². The Labute approximate surface area is 779 Å². The van der Waals surface area contributed by atoms with Crippen molar-refractivity contribution in [1.29, 1.82) is 0 Å². The molecule has 0 aromatic heterocycles. The van der Waals surface area contributed by atoms with E-state index in [-0.39, 0.29) is 65.9 Å². The van der Waals surface area contributed by atoms with E-state index in [0.717, 1.165) is 31.1 Å². The lowest BCUT2D eigenvalue weighted by Gasteiger charge is -2.32. The zero-order valence-corrected chi connectivity index (χ0v) is 80.8. The number of hydrogen-bond donors (Lipinski definition) is 2. The first-order valence-corrected chi connectivity index (χ1v) is 46.5. The molecule has 752 valence electrons. The van der Waals surface area contributed by atoms with Crippen LogP contribution in [0, 0.1) is 5.92 Å². The van der Waals surface area contributed by atoms with Gasteiger partial charge in [0.15, 0.2) is 0 Å². The number of hydrogen-bond acceptors (Lipinski definition) is 40. The summed E-state index contributed by atoms with van der Waals surface area (Å²) in [5, 5.41) is 4.27. The highest BCUT2D eigenvalue weighted by Gasteiger charge is 2.34. The maximum absolute atomic E-state index is 12.7. The molecule has 2 aliphatic heterocycles. The van der Waals surface area contributed by atoms with Gasteiger partial charge < -0.3 is 157 Å². The van der Waals surface area contributed by atoms with Crippen molar-refractivity contribution in [2.24, 2.45) is 5.92 Å². The van der Waals surface area contributed by atoms with E-state index < -0.39 is 23.5 Å². The Kier molecular flexibility index (Phi) is 99.4. The summed E-state index contributed by atoms with van der Waals surface area (Å²) >= 11 is 12.6. The van der Waals surface area contributed by atoms with Crippen LogP contribution in [-0.2, 0) is 161 Å². The number of amides is 4. The summed E-state index contributed by atoms with van der Waals surface area (Å²) in [4.78, 5) is 74.0. The summed E-state index contributed by atoms with van der Waals surface area (Å²) in [6.07, 6.45) is 5.22. The number of esters is 2. The molecule has 44 heteroatoms. The fraction of sp³-hybridized carbons (Fsp3) is 0.857. The molecule has 2 fully saturated rings. The summed E-state index contributed by atoms with van der Waals surface area (Å²) in [6, 6.07) is -0.323. The molecule has 0 aromatic carbocycles. The molecule has 4 unspecified atom stereocenters. The summed E-state index contributed by atoms with van der Waals surface area (Å²) in [5.41, 5.74) is 0. The van der Waals surface area contributed by atoms with Crippen LogP contribution in [0.1, 0.15) is 80.1 Å². The number of nitrogens with one attached hydrogen (secondary N) is 2. The molecular weight excluding hydrogens is 1770 g/mol. The molecule has 0 aliphatic carbocycles. The Balaban J connectivity index is 0. The van der Waals surface area contributed by atoms with Gasteiger partial charge in [0.05, 0.1) is 342 Å². The van der Waals surface area contributed by atoms with Gasteiger partial charge in [0.1, 0.15) is 18.5 Å². The molecule has 0 aromatic rings. The van der Waals surface area contributed by atoms with Crippen molar-refractivity contribution in [2.45, 2.75) is 96.7 Å². The minimum Gasteiger partial charge on any atom is -0.479 e. The zero-order valence-electron chi connectivity index (χ0n) is 77.5. The van der Waals surface area contributed by atoms with Gasteiger partial charge in [-0.1, -0.05) is 43.6 Å². The quantitative estimate of drug-likeness (QED) is 0.0221. The summed E-state index contributed by atoms with van der Waals surface area (Å²) in [7, 11) is 3.28. The molecule has 0 spiro atoms. The largest absolute Gasteiger partial charge is 0.479 e. The van der Waals surface area contributed by atoms with Crippen LogP contribution in [0.2, 0.25) is 0 Å². The number of nitrogens with zero attached hydrogens (tertiary/aromatic N) is 2. The lowest BCUT2D eigenvalue weighted by molar-refractivity contribution is -0.148. The Morgan fingerprint density at radius 1 is 0.352 bits per heavy atom. The highest BCUT2D eigenvalue weighted by atomic mass is 32.2. The lowest BCUT2D eigenvalue weighted by Crippen LogP contribution is -2.44. The van der Waals surface area contributed by atoms with Crippen molar-refractivity contribution in [3.05, 3.63) is 25.6 Å². The third-order valence-electron chi connectivity index (χ3n) is 16.1. The third kappa shape index (κ3) is 89.3. The average molecular weight is 1930 g/mol. The van der Waals surface area contributed by atoms with E-state index in [9.17, 15) is 28.8 Å². The van der Waals surface area contributed by atoms with Gasteiger partial charge in [-0.25, -0.2) is 9.59 Å². The van der Waals surface area contributed by atoms with Crippen LogP contribution in [0.5, 0.6) is 0 Å². The zero-order chi connectivity index (χ0) is 94.0. The van der Waals surface area contributed by atoms with E-state index in [2.05, 4.69) is 23.8 Å². The number of rotatable bonds is 88. The van der Waals surface area contributed by atoms with Crippen molar-refractivity contribution in [3.63, 3.8) is 0 Å². The normalized spacial score (nSPS) is 13.2. The molecule has 2 heterocycles. The number of carbonyl (C=O) groups is 6.